The Hall–Kier alpha value is -2.37. The Bertz CT molecular complexity index is 990. The van der Waals surface area contributed by atoms with E-state index in [4.69, 9.17) is 9.47 Å². The molecule has 4 nitrogen and oxygen atoms in total. The van der Waals surface area contributed by atoms with Gasteiger partial charge < -0.3 is 14.6 Å². The standard InChI is InChI=1S/C28H33NO3.ClH/c1-3-22-13-15-24(16-14-22)28(30,25-11-7-8-12-27(25)31-2)26(23-9-5-4-6-10-23)21-29-17-19-32-20-18-29;/h4-16,26,30H,3,17-21H2,1-2H3;1H. The van der Waals surface area contributed by atoms with Crippen LogP contribution in [0.1, 0.15) is 35.1 Å². The Morgan fingerprint density at radius 3 is 2.21 bits per heavy atom. The first-order valence-corrected chi connectivity index (χ1v) is 11.5. The summed E-state index contributed by atoms with van der Waals surface area (Å²) in [4.78, 5) is 2.39. The summed E-state index contributed by atoms with van der Waals surface area (Å²) in [7, 11) is 1.67. The van der Waals surface area contributed by atoms with Crippen molar-refractivity contribution in [1.29, 1.82) is 0 Å². The van der Waals surface area contributed by atoms with Gasteiger partial charge in [0.25, 0.3) is 0 Å². The van der Waals surface area contributed by atoms with E-state index in [1.54, 1.807) is 7.11 Å². The molecule has 176 valence electrons. The number of aryl methyl sites for hydroxylation is 1. The monoisotopic (exact) mass is 467 g/mol. The largest absolute Gasteiger partial charge is 0.496 e. The third-order valence-corrected chi connectivity index (χ3v) is 6.57. The molecule has 2 unspecified atom stereocenters. The molecule has 2 atom stereocenters. The molecule has 0 aromatic heterocycles. The van der Waals surface area contributed by atoms with Crippen molar-refractivity contribution in [3.8, 4) is 5.75 Å². The maximum absolute atomic E-state index is 12.7. The van der Waals surface area contributed by atoms with Crippen molar-refractivity contribution in [3.05, 3.63) is 101 Å². The molecule has 0 spiro atoms. The van der Waals surface area contributed by atoms with Crippen LogP contribution in [0.5, 0.6) is 5.75 Å². The Morgan fingerprint density at radius 1 is 0.939 bits per heavy atom. The highest BCUT2D eigenvalue weighted by atomic mass is 35.5. The van der Waals surface area contributed by atoms with E-state index in [0.717, 1.165) is 56.0 Å². The lowest BCUT2D eigenvalue weighted by atomic mass is 9.72. The minimum atomic E-state index is -1.27. The average molecular weight is 468 g/mol. The van der Waals surface area contributed by atoms with E-state index < -0.39 is 5.60 Å². The molecule has 33 heavy (non-hydrogen) atoms. The van der Waals surface area contributed by atoms with Crippen molar-refractivity contribution >= 4 is 12.4 Å². The molecule has 1 fully saturated rings. The summed E-state index contributed by atoms with van der Waals surface area (Å²) < 4.78 is 11.3. The first-order chi connectivity index (χ1) is 15.7. The van der Waals surface area contributed by atoms with E-state index in [2.05, 4.69) is 48.2 Å². The lowest BCUT2D eigenvalue weighted by Crippen LogP contribution is -2.45. The second kappa shape index (κ2) is 11.7. The number of halogens is 1. The summed E-state index contributed by atoms with van der Waals surface area (Å²) in [5, 5.41) is 12.7. The van der Waals surface area contributed by atoms with Gasteiger partial charge >= 0.3 is 0 Å². The number of hydrogen-bond acceptors (Lipinski definition) is 4. The zero-order valence-corrected chi connectivity index (χ0v) is 20.3. The van der Waals surface area contributed by atoms with Crippen molar-refractivity contribution < 1.29 is 14.6 Å². The predicted molar refractivity (Wildman–Crippen MR) is 136 cm³/mol. The SMILES string of the molecule is CCc1ccc(C(O)(c2ccccc2OC)C(CN2CCOCC2)c2ccccc2)cc1.Cl. The third kappa shape index (κ3) is 5.42. The molecular weight excluding hydrogens is 434 g/mol. The van der Waals surface area contributed by atoms with Crippen LogP contribution in [0.3, 0.4) is 0 Å². The van der Waals surface area contributed by atoms with Gasteiger partial charge in [0, 0.05) is 31.1 Å². The number of morpholine rings is 1. The second-order valence-corrected chi connectivity index (χ2v) is 8.39. The highest BCUT2D eigenvalue weighted by Crippen LogP contribution is 2.46. The molecular formula is C28H34ClNO3. The molecule has 0 aliphatic carbocycles. The number of hydrogen-bond donors (Lipinski definition) is 1. The van der Waals surface area contributed by atoms with Crippen LogP contribution in [-0.4, -0.2) is 50.0 Å². The lowest BCUT2D eigenvalue weighted by Gasteiger charge is -2.41. The molecule has 0 radical (unpaired) electrons. The smallest absolute Gasteiger partial charge is 0.126 e. The van der Waals surface area contributed by atoms with E-state index in [1.807, 2.05) is 42.5 Å². The van der Waals surface area contributed by atoms with E-state index in [9.17, 15) is 5.11 Å². The van der Waals surface area contributed by atoms with Crippen LogP contribution in [-0.2, 0) is 16.8 Å². The number of nitrogens with zero attached hydrogens (tertiary/aromatic N) is 1. The summed E-state index contributed by atoms with van der Waals surface area (Å²) >= 11 is 0. The van der Waals surface area contributed by atoms with E-state index in [0.29, 0.717) is 5.75 Å². The topological polar surface area (TPSA) is 41.9 Å². The van der Waals surface area contributed by atoms with Gasteiger partial charge in [-0.3, -0.25) is 4.90 Å². The molecule has 1 aliphatic rings. The van der Waals surface area contributed by atoms with Crippen molar-refractivity contribution in [2.45, 2.75) is 24.9 Å². The van der Waals surface area contributed by atoms with E-state index in [-0.39, 0.29) is 18.3 Å². The molecule has 1 N–H and O–H groups in total. The van der Waals surface area contributed by atoms with Crippen molar-refractivity contribution in [2.75, 3.05) is 40.0 Å². The average Bonchev–Trinajstić information content (AvgIpc) is 2.88. The van der Waals surface area contributed by atoms with Gasteiger partial charge in [-0.1, -0.05) is 79.7 Å². The molecule has 3 aromatic rings. The van der Waals surface area contributed by atoms with Gasteiger partial charge in [0.1, 0.15) is 11.4 Å². The summed E-state index contributed by atoms with van der Waals surface area (Å²) in [6.45, 7) is 6.03. The van der Waals surface area contributed by atoms with Crippen LogP contribution in [0.2, 0.25) is 0 Å². The van der Waals surface area contributed by atoms with Gasteiger partial charge in [-0.15, -0.1) is 12.4 Å². The number of ether oxygens (including phenoxy) is 2. The molecule has 4 rings (SSSR count). The molecule has 0 saturated carbocycles. The molecule has 3 aromatic carbocycles. The number of para-hydroxylation sites is 1. The molecule has 5 heteroatoms. The predicted octanol–water partition coefficient (Wildman–Crippen LogP) is 5.03. The fourth-order valence-corrected chi connectivity index (χ4v) is 4.70. The second-order valence-electron chi connectivity index (χ2n) is 8.39. The highest BCUT2D eigenvalue weighted by Gasteiger charge is 2.44. The summed E-state index contributed by atoms with van der Waals surface area (Å²) in [6, 6.07) is 26.6. The van der Waals surface area contributed by atoms with Crippen LogP contribution >= 0.6 is 12.4 Å². The van der Waals surface area contributed by atoms with Crippen molar-refractivity contribution in [3.63, 3.8) is 0 Å². The van der Waals surface area contributed by atoms with E-state index in [1.165, 1.54) is 5.56 Å². The Balaban J connectivity index is 0.00000306. The van der Waals surface area contributed by atoms with Gasteiger partial charge in [-0.25, -0.2) is 0 Å². The Kier molecular flexibility index (Phi) is 8.93. The molecule has 0 amide bonds. The summed E-state index contributed by atoms with van der Waals surface area (Å²) in [5.74, 6) is 0.503. The van der Waals surface area contributed by atoms with Crippen LogP contribution in [0.15, 0.2) is 78.9 Å². The minimum absolute atomic E-state index is 0. The lowest BCUT2D eigenvalue weighted by molar-refractivity contribution is -0.000140. The van der Waals surface area contributed by atoms with Crippen molar-refractivity contribution in [1.82, 2.24) is 4.90 Å². The molecule has 1 aliphatic heterocycles. The van der Waals surface area contributed by atoms with Gasteiger partial charge in [0.15, 0.2) is 0 Å². The zero-order chi connectivity index (χ0) is 22.4. The summed E-state index contributed by atoms with van der Waals surface area (Å²) in [5.41, 5.74) is 2.75. The normalized spacial score (nSPS) is 16.9. The van der Waals surface area contributed by atoms with Gasteiger partial charge in [0.05, 0.1) is 20.3 Å². The van der Waals surface area contributed by atoms with Crippen LogP contribution in [0.25, 0.3) is 0 Å². The third-order valence-electron chi connectivity index (χ3n) is 6.57. The van der Waals surface area contributed by atoms with E-state index >= 15 is 0 Å². The number of rotatable bonds is 8. The number of benzene rings is 3. The van der Waals surface area contributed by atoms with Crippen molar-refractivity contribution in [2.24, 2.45) is 0 Å². The van der Waals surface area contributed by atoms with Crippen LogP contribution < -0.4 is 4.74 Å². The number of methoxy groups -OCH3 is 1. The first kappa shape index (κ1) is 25.3. The first-order valence-electron chi connectivity index (χ1n) is 11.5. The molecule has 1 saturated heterocycles. The van der Waals surface area contributed by atoms with Gasteiger partial charge in [-0.05, 0) is 29.2 Å². The summed E-state index contributed by atoms with van der Waals surface area (Å²) in [6.07, 6.45) is 0.962. The Morgan fingerprint density at radius 2 is 1.58 bits per heavy atom. The Labute approximate surface area is 203 Å². The van der Waals surface area contributed by atoms with Gasteiger partial charge in [-0.2, -0.15) is 0 Å². The maximum Gasteiger partial charge on any atom is 0.126 e. The zero-order valence-electron chi connectivity index (χ0n) is 19.4. The maximum atomic E-state index is 12.7. The fraction of sp³-hybridized carbons (Fsp3) is 0.357. The quantitative estimate of drug-likeness (QED) is 0.504. The number of aliphatic hydroxyl groups is 1. The van der Waals surface area contributed by atoms with Crippen LogP contribution in [0.4, 0.5) is 0 Å². The van der Waals surface area contributed by atoms with Crippen LogP contribution in [0, 0.1) is 0 Å². The van der Waals surface area contributed by atoms with Gasteiger partial charge in [0.2, 0.25) is 0 Å². The fourth-order valence-electron chi connectivity index (χ4n) is 4.70. The minimum Gasteiger partial charge on any atom is -0.496 e. The highest BCUT2D eigenvalue weighted by molar-refractivity contribution is 5.85. The molecule has 1 heterocycles. The molecule has 0 bridgehead atoms.